The molecule has 1 atom stereocenters. The number of anilines is 1. The zero-order chi connectivity index (χ0) is 17.6. The Hall–Kier alpha value is -3.12. The number of amides is 1. The van der Waals surface area contributed by atoms with Gasteiger partial charge >= 0.3 is 0 Å². The van der Waals surface area contributed by atoms with Crippen LogP contribution in [-0.2, 0) is 18.4 Å². The summed E-state index contributed by atoms with van der Waals surface area (Å²) in [4.78, 5) is 16.3. The van der Waals surface area contributed by atoms with Crippen molar-refractivity contribution in [1.29, 1.82) is 0 Å². The van der Waals surface area contributed by atoms with E-state index in [1.165, 1.54) is 0 Å². The minimum absolute atomic E-state index is 0.363. The van der Waals surface area contributed by atoms with E-state index in [0.29, 0.717) is 23.6 Å². The van der Waals surface area contributed by atoms with E-state index in [1.54, 1.807) is 54.7 Å². The lowest BCUT2D eigenvalue weighted by Crippen LogP contribution is -2.20. The Bertz CT molecular complexity index is 829. The van der Waals surface area contributed by atoms with Crippen LogP contribution in [0.15, 0.2) is 67.0 Å². The van der Waals surface area contributed by atoms with Crippen LogP contribution in [0.5, 0.6) is 5.75 Å². The van der Waals surface area contributed by atoms with Crippen molar-refractivity contribution < 1.29 is 14.6 Å². The highest BCUT2D eigenvalue weighted by Gasteiger charge is 2.16. The van der Waals surface area contributed by atoms with Gasteiger partial charge in [0.15, 0.2) is 6.10 Å². The molecule has 2 N–H and O–H groups in total. The molecule has 1 aromatic heterocycles. The summed E-state index contributed by atoms with van der Waals surface area (Å²) in [7, 11) is 1.91. The summed E-state index contributed by atoms with van der Waals surface area (Å²) in [5, 5.41) is 12.8. The van der Waals surface area contributed by atoms with Crippen LogP contribution in [0.1, 0.15) is 17.5 Å². The first-order valence-electron chi connectivity index (χ1n) is 7.86. The third kappa shape index (κ3) is 4.24. The number of ether oxygens (including phenoxy) is 1. The average molecular weight is 337 g/mol. The number of hydrogen-bond donors (Lipinski definition) is 2. The van der Waals surface area contributed by atoms with Gasteiger partial charge in [0, 0.05) is 25.1 Å². The van der Waals surface area contributed by atoms with Crippen molar-refractivity contribution >= 4 is 11.6 Å². The molecule has 0 aliphatic rings. The van der Waals surface area contributed by atoms with Crippen LogP contribution < -0.4 is 10.1 Å². The number of nitrogens with zero attached hydrogens (tertiary/aromatic N) is 2. The zero-order valence-electron chi connectivity index (χ0n) is 13.8. The van der Waals surface area contributed by atoms with E-state index in [4.69, 9.17) is 4.74 Å². The molecule has 6 heteroatoms. The summed E-state index contributed by atoms with van der Waals surface area (Å²) in [5.41, 5.74) is 1.14. The molecule has 0 bridgehead atoms. The summed E-state index contributed by atoms with van der Waals surface area (Å²) in [6.45, 7) is 0.363. The molecule has 1 unspecified atom stereocenters. The first kappa shape index (κ1) is 16.7. The van der Waals surface area contributed by atoms with Gasteiger partial charge in [-0.05, 0) is 29.8 Å². The lowest BCUT2D eigenvalue weighted by molar-refractivity contribution is -0.124. The van der Waals surface area contributed by atoms with Crippen LogP contribution in [0.2, 0.25) is 0 Å². The SMILES string of the molecule is Cn1ccnc1COc1ccc(NC(=O)C(O)c2ccccc2)cc1. The first-order chi connectivity index (χ1) is 12.1. The average Bonchev–Trinajstić information content (AvgIpc) is 3.06. The van der Waals surface area contributed by atoms with Crippen LogP contribution in [0, 0.1) is 0 Å². The molecule has 128 valence electrons. The highest BCUT2D eigenvalue weighted by atomic mass is 16.5. The van der Waals surface area contributed by atoms with Crippen molar-refractivity contribution in [3.63, 3.8) is 0 Å². The van der Waals surface area contributed by atoms with Gasteiger partial charge in [0.05, 0.1) is 0 Å². The number of imidazole rings is 1. The van der Waals surface area contributed by atoms with Crippen LogP contribution in [0.25, 0.3) is 0 Å². The maximum atomic E-state index is 12.1. The number of carbonyl (C=O) groups excluding carboxylic acids is 1. The van der Waals surface area contributed by atoms with Crippen LogP contribution >= 0.6 is 0 Å². The molecule has 0 aliphatic carbocycles. The smallest absolute Gasteiger partial charge is 0.257 e. The summed E-state index contributed by atoms with van der Waals surface area (Å²) in [6, 6.07) is 15.8. The molecular formula is C19H19N3O3. The summed E-state index contributed by atoms with van der Waals surface area (Å²) >= 11 is 0. The predicted molar refractivity (Wildman–Crippen MR) is 94.0 cm³/mol. The second kappa shape index (κ2) is 7.63. The van der Waals surface area contributed by atoms with Gasteiger partial charge in [-0.15, -0.1) is 0 Å². The van der Waals surface area contributed by atoms with Gasteiger partial charge in [-0.2, -0.15) is 0 Å². The molecule has 25 heavy (non-hydrogen) atoms. The van der Waals surface area contributed by atoms with Gasteiger partial charge in [0.1, 0.15) is 18.2 Å². The molecule has 3 rings (SSSR count). The fourth-order valence-corrected chi connectivity index (χ4v) is 2.32. The Morgan fingerprint density at radius 1 is 1.20 bits per heavy atom. The first-order valence-corrected chi connectivity index (χ1v) is 7.86. The molecule has 2 aromatic carbocycles. The lowest BCUT2D eigenvalue weighted by atomic mass is 10.1. The number of rotatable bonds is 6. The van der Waals surface area contributed by atoms with Crippen LogP contribution in [0.4, 0.5) is 5.69 Å². The Morgan fingerprint density at radius 2 is 1.92 bits per heavy atom. The molecule has 0 saturated carbocycles. The van der Waals surface area contributed by atoms with Gasteiger partial charge < -0.3 is 19.7 Å². The van der Waals surface area contributed by atoms with Gasteiger partial charge in [-0.25, -0.2) is 4.98 Å². The minimum atomic E-state index is -1.21. The molecule has 1 amide bonds. The number of carbonyl (C=O) groups is 1. The van der Waals surface area contributed by atoms with Crippen LogP contribution in [-0.4, -0.2) is 20.6 Å². The van der Waals surface area contributed by atoms with Gasteiger partial charge in [-0.3, -0.25) is 4.79 Å². The number of aromatic nitrogens is 2. The number of aliphatic hydroxyl groups excluding tert-OH is 1. The maximum absolute atomic E-state index is 12.1. The third-order valence-electron chi connectivity index (χ3n) is 3.77. The Balaban J connectivity index is 1.57. The number of nitrogens with one attached hydrogen (secondary N) is 1. The second-order valence-electron chi connectivity index (χ2n) is 5.57. The Labute approximate surface area is 145 Å². The summed E-state index contributed by atoms with van der Waals surface area (Å²) < 4.78 is 7.55. The Morgan fingerprint density at radius 3 is 2.56 bits per heavy atom. The molecule has 0 fully saturated rings. The maximum Gasteiger partial charge on any atom is 0.257 e. The topological polar surface area (TPSA) is 76.4 Å². The molecular weight excluding hydrogens is 318 g/mol. The van der Waals surface area contributed by atoms with Crippen molar-refractivity contribution in [2.24, 2.45) is 7.05 Å². The molecule has 0 radical (unpaired) electrons. The fourth-order valence-electron chi connectivity index (χ4n) is 2.32. The quantitative estimate of drug-likeness (QED) is 0.725. The van der Waals surface area contributed by atoms with Crippen molar-refractivity contribution in [2.45, 2.75) is 12.7 Å². The van der Waals surface area contributed by atoms with Crippen molar-refractivity contribution in [3.05, 3.63) is 78.4 Å². The summed E-state index contributed by atoms with van der Waals surface area (Å²) in [5.74, 6) is 1.01. The van der Waals surface area contributed by atoms with E-state index in [0.717, 1.165) is 5.82 Å². The van der Waals surface area contributed by atoms with Crippen molar-refractivity contribution in [2.75, 3.05) is 5.32 Å². The van der Waals surface area contributed by atoms with E-state index in [-0.39, 0.29) is 0 Å². The monoisotopic (exact) mass is 337 g/mol. The molecule has 0 aliphatic heterocycles. The van der Waals surface area contributed by atoms with E-state index >= 15 is 0 Å². The lowest BCUT2D eigenvalue weighted by Gasteiger charge is -2.12. The second-order valence-corrected chi connectivity index (χ2v) is 5.57. The normalized spacial score (nSPS) is 11.8. The minimum Gasteiger partial charge on any atom is -0.486 e. The molecule has 3 aromatic rings. The van der Waals surface area contributed by atoms with Gasteiger partial charge in [0.2, 0.25) is 0 Å². The van der Waals surface area contributed by atoms with Crippen LogP contribution in [0.3, 0.4) is 0 Å². The standard InChI is InChI=1S/C19H19N3O3/c1-22-12-11-20-17(22)13-25-16-9-7-15(8-10-16)21-19(24)18(23)14-5-3-2-4-6-14/h2-12,18,23H,13H2,1H3,(H,21,24). The molecule has 0 spiro atoms. The highest BCUT2D eigenvalue weighted by Crippen LogP contribution is 2.19. The molecule has 1 heterocycles. The predicted octanol–water partition coefficient (Wildman–Crippen LogP) is 2.67. The van der Waals surface area contributed by atoms with E-state index in [2.05, 4.69) is 10.3 Å². The number of aryl methyl sites for hydroxylation is 1. The van der Waals surface area contributed by atoms with Gasteiger partial charge in [0.25, 0.3) is 5.91 Å². The number of benzene rings is 2. The van der Waals surface area contributed by atoms with Crippen molar-refractivity contribution in [1.82, 2.24) is 9.55 Å². The highest BCUT2D eigenvalue weighted by molar-refractivity contribution is 5.94. The number of aliphatic hydroxyl groups is 1. The van der Waals surface area contributed by atoms with Gasteiger partial charge in [-0.1, -0.05) is 30.3 Å². The van der Waals surface area contributed by atoms with E-state index in [9.17, 15) is 9.90 Å². The van der Waals surface area contributed by atoms with E-state index in [1.807, 2.05) is 23.9 Å². The fraction of sp³-hybridized carbons (Fsp3) is 0.158. The van der Waals surface area contributed by atoms with E-state index < -0.39 is 12.0 Å². The number of hydrogen-bond acceptors (Lipinski definition) is 4. The van der Waals surface area contributed by atoms with Crippen molar-refractivity contribution in [3.8, 4) is 5.75 Å². The summed E-state index contributed by atoms with van der Waals surface area (Å²) in [6.07, 6.45) is 2.37. The Kier molecular flexibility index (Phi) is 5.11. The zero-order valence-corrected chi connectivity index (χ0v) is 13.8. The molecule has 0 saturated heterocycles. The molecule has 6 nitrogen and oxygen atoms in total. The third-order valence-corrected chi connectivity index (χ3v) is 3.77. The largest absolute Gasteiger partial charge is 0.486 e.